The summed E-state index contributed by atoms with van der Waals surface area (Å²) in [6, 6.07) is 2.24. The highest BCUT2D eigenvalue weighted by Gasteiger charge is 2.40. The number of nitrogens with zero attached hydrogens (tertiary/aromatic N) is 3. The molecule has 4 rings (SSSR count). The quantitative estimate of drug-likeness (QED) is 0.607. The van der Waals surface area contributed by atoms with Gasteiger partial charge in [-0.2, -0.15) is 0 Å². The monoisotopic (exact) mass is 443 g/mol. The number of carbonyl (C=O) groups is 2. The smallest absolute Gasteiger partial charge is 0.406 e. The fourth-order valence-corrected chi connectivity index (χ4v) is 4.56. The Hall–Kier alpha value is -2.65. The van der Waals surface area contributed by atoms with E-state index in [-0.39, 0.29) is 18.0 Å². The number of methoxy groups -OCH3 is 1. The fraction of sp³-hybridized carbons (Fsp3) is 0.609. The van der Waals surface area contributed by atoms with Crippen molar-refractivity contribution in [1.29, 1.82) is 0 Å². The number of nitrogens with one attached hydrogen (secondary N) is 2. The molecule has 3 heterocycles. The molecular weight excluding hydrogens is 410 g/mol. The summed E-state index contributed by atoms with van der Waals surface area (Å²) < 4.78 is 12.6. The van der Waals surface area contributed by atoms with E-state index < -0.39 is 12.2 Å². The number of hydrogen-bond donors (Lipinski definition) is 2. The summed E-state index contributed by atoms with van der Waals surface area (Å²) in [5, 5.41) is 7.11. The van der Waals surface area contributed by atoms with E-state index in [0.717, 1.165) is 54.5 Å². The lowest BCUT2D eigenvalue weighted by atomic mass is 10.0. The summed E-state index contributed by atoms with van der Waals surface area (Å²) in [6.45, 7) is 7.28. The number of aryl methyl sites for hydroxylation is 2. The molecule has 2 amide bonds. The van der Waals surface area contributed by atoms with E-state index >= 15 is 0 Å². The van der Waals surface area contributed by atoms with E-state index in [4.69, 9.17) is 4.74 Å². The average molecular weight is 444 g/mol. The number of amides is 2. The van der Waals surface area contributed by atoms with Gasteiger partial charge in [-0.05, 0) is 44.7 Å². The van der Waals surface area contributed by atoms with Crippen LogP contribution >= 0.6 is 0 Å². The van der Waals surface area contributed by atoms with Gasteiger partial charge in [-0.1, -0.05) is 0 Å². The molecule has 0 radical (unpaired) electrons. The molecule has 2 aliphatic rings. The van der Waals surface area contributed by atoms with E-state index in [2.05, 4.69) is 38.0 Å². The van der Waals surface area contributed by atoms with Crippen molar-refractivity contribution < 1.29 is 19.1 Å². The Kier molecular flexibility index (Phi) is 6.95. The molecule has 0 bridgehead atoms. The van der Waals surface area contributed by atoms with Crippen molar-refractivity contribution in [1.82, 2.24) is 25.1 Å². The minimum absolute atomic E-state index is 0.0701. The van der Waals surface area contributed by atoms with Crippen LogP contribution in [0.4, 0.5) is 4.79 Å². The number of pyridine rings is 1. The molecule has 174 valence electrons. The molecule has 1 unspecified atom stereocenters. The lowest BCUT2D eigenvalue weighted by molar-refractivity contribution is -0.148. The normalized spacial score (nSPS) is 19.5. The van der Waals surface area contributed by atoms with Gasteiger partial charge in [-0.3, -0.25) is 9.78 Å². The number of morpholine rings is 1. The molecule has 1 saturated heterocycles. The van der Waals surface area contributed by atoms with Crippen LogP contribution in [0.25, 0.3) is 10.9 Å². The van der Waals surface area contributed by atoms with Crippen LogP contribution in [0.1, 0.15) is 43.5 Å². The van der Waals surface area contributed by atoms with Gasteiger partial charge < -0.3 is 29.6 Å². The Bertz CT molecular complexity index is 965. The Morgan fingerprint density at radius 1 is 1.44 bits per heavy atom. The second kappa shape index (κ2) is 9.87. The number of aromatic nitrogens is 2. The number of ether oxygens (including phenoxy) is 2. The van der Waals surface area contributed by atoms with Crippen molar-refractivity contribution in [3.63, 3.8) is 0 Å². The maximum Gasteiger partial charge on any atom is 0.406 e. The number of alkyl carbamates (subject to hydrolysis) is 1. The topological polar surface area (TPSA) is 97.7 Å². The Labute approximate surface area is 188 Å². The first-order valence-electron chi connectivity index (χ1n) is 11.4. The van der Waals surface area contributed by atoms with Gasteiger partial charge in [-0.25, -0.2) is 4.79 Å². The molecule has 1 saturated carbocycles. The number of hydrogen-bond acceptors (Lipinski definition) is 6. The molecule has 2 aromatic rings. The third-order valence-corrected chi connectivity index (χ3v) is 6.30. The average Bonchev–Trinajstić information content (AvgIpc) is 3.57. The summed E-state index contributed by atoms with van der Waals surface area (Å²) in [5.74, 6) is 0.0705. The van der Waals surface area contributed by atoms with Gasteiger partial charge in [0.2, 0.25) is 0 Å². The zero-order valence-corrected chi connectivity index (χ0v) is 19.1. The van der Waals surface area contributed by atoms with Gasteiger partial charge in [0.25, 0.3) is 5.91 Å². The van der Waals surface area contributed by atoms with Gasteiger partial charge in [0.15, 0.2) is 0 Å². The third-order valence-electron chi connectivity index (χ3n) is 6.30. The molecule has 2 atom stereocenters. The standard InChI is InChI=1S/C23H33N5O4/c1-15-21-18(7-9-25-15)19(14-27(21)11-4-8-26-23(30)31-3)16(2)28(17-5-6-17)22(29)20-13-24-10-12-32-20/h7,9,14,16-17,20,24H,4-6,8,10-13H2,1-3H3,(H,26,30)/t16?,20-/m1/s1. The second-order valence-corrected chi connectivity index (χ2v) is 8.56. The molecule has 2 N–H and O–H groups in total. The van der Waals surface area contributed by atoms with Gasteiger partial charge in [-0.15, -0.1) is 0 Å². The summed E-state index contributed by atoms with van der Waals surface area (Å²) in [7, 11) is 1.36. The van der Waals surface area contributed by atoms with Crippen LogP contribution < -0.4 is 10.6 Å². The van der Waals surface area contributed by atoms with Crippen molar-refractivity contribution in [3.05, 3.63) is 29.7 Å². The SMILES string of the molecule is COC(=O)NCCCn1cc(C(C)N(C(=O)[C@H]2CNCCO2)C2CC2)c2ccnc(C)c21. The predicted molar refractivity (Wildman–Crippen MR) is 120 cm³/mol. The van der Waals surface area contributed by atoms with Crippen LogP contribution in [0.15, 0.2) is 18.5 Å². The van der Waals surface area contributed by atoms with E-state index in [1.54, 1.807) is 0 Å². The van der Waals surface area contributed by atoms with Crippen LogP contribution in [0.5, 0.6) is 0 Å². The molecule has 1 aliphatic heterocycles. The van der Waals surface area contributed by atoms with Crippen molar-refractivity contribution in [3.8, 4) is 0 Å². The number of fused-ring (bicyclic) bond motifs is 1. The summed E-state index contributed by atoms with van der Waals surface area (Å²) in [4.78, 5) is 31.2. The zero-order chi connectivity index (χ0) is 22.7. The fourth-order valence-electron chi connectivity index (χ4n) is 4.56. The first-order valence-corrected chi connectivity index (χ1v) is 11.4. The predicted octanol–water partition coefficient (Wildman–Crippen LogP) is 2.13. The summed E-state index contributed by atoms with van der Waals surface area (Å²) in [6.07, 6.45) is 5.96. The molecule has 9 heteroatoms. The Morgan fingerprint density at radius 3 is 2.94 bits per heavy atom. The zero-order valence-electron chi connectivity index (χ0n) is 19.1. The van der Waals surface area contributed by atoms with E-state index in [1.165, 1.54) is 7.11 Å². The van der Waals surface area contributed by atoms with Crippen LogP contribution in [-0.4, -0.2) is 71.9 Å². The van der Waals surface area contributed by atoms with E-state index in [9.17, 15) is 9.59 Å². The molecule has 9 nitrogen and oxygen atoms in total. The van der Waals surface area contributed by atoms with Crippen molar-refractivity contribution in [2.24, 2.45) is 0 Å². The van der Waals surface area contributed by atoms with Crippen LogP contribution in [0.2, 0.25) is 0 Å². The summed E-state index contributed by atoms with van der Waals surface area (Å²) >= 11 is 0. The summed E-state index contributed by atoms with van der Waals surface area (Å²) in [5.41, 5.74) is 3.15. The van der Waals surface area contributed by atoms with Gasteiger partial charge in [0, 0.05) is 50.0 Å². The molecule has 1 aliphatic carbocycles. The second-order valence-electron chi connectivity index (χ2n) is 8.56. The first-order chi connectivity index (χ1) is 15.5. The van der Waals surface area contributed by atoms with E-state index in [0.29, 0.717) is 19.7 Å². The minimum atomic E-state index is -0.424. The molecule has 2 aromatic heterocycles. The van der Waals surface area contributed by atoms with Crippen LogP contribution in [-0.2, 0) is 20.8 Å². The lowest BCUT2D eigenvalue weighted by Crippen LogP contribution is -2.50. The highest BCUT2D eigenvalue weighted by Crippen LogP contribution is 2.38. The van der Waals surface area contributed by atoms with Crippen LogP contribution in [0.3, 0.4) is 0 Å². The maximum atomic E-state index is 13.4. The lowest BCUT2D eigenvalue weighted by Gasteiger charge is -2.34. The number of carbonyl (C=O) groups excluding carboxylic acids is 2. The molecule has 2 fully saturated rings. The highest BCUT2D eigenvalue weighted by atomic mass is 16.5. The van der Waals surface area contributed by atoms with Gasteiger partial charge in [0.1, 0.15) is 6.10 Å². The van der Waals surface area contributed by atoms with Crippen molar-refractivity contribution >= 4 is 22.9 Å². The van der Waals surface area contributed by atoms with Crippen molar-refractivity contribution in [2.45, 2.75) is 57.8 Å². The maximum absolute atomic E-state index is 13.4. The molecule has 32 heavy (non-hydrogen) atoms. The molecule has 0 spiro atoms. The van der Waals surface area contributed by atoms with Crippen molar-refractivity contribution in [2.75, 3.05) is 33.4 Å². The third kappa shape index (κ3) is 4.73. The van der Waals surface area contributed by atoms with Gasteiger partial charge in [0.05, 0.1) is 31.0 Å². The Morgan fingerprint density at radius 2 is 2.25 bits per heavy atom. The largest absolute Gasteiger partial charge is 0.453 e. The molecular formula is C23H33N5O4. The van der Waals surface area contributed by atoms with Gasteiger partial charge >= 0.3 is 6.09 Å². The van der Waals surface area contributed by atoms with Crippen LogP contribution in [0, 0.1) is 6.92 Å². The first kappa shape index (κ1) is 22.5. The minimum Gasteiger partial charge on any atom is -0.453 e. The molecule has 0 aromatic carbocycles. The highest BCUT2D eigenvalue weighted by molar-refractivity contribution is 5.88. The number of rotatable bonds is 8. The Balaban J connectivity index is 1.58. The van der Waals surface area contributed by atoms with E-state index in [1.807, 2.05) is 24.1 Å².